The highest BCUT2D eigenvalue weighted by Crippen LogP contribution is 2.20. The van der Waals surface area contributed by atoms with Crippen LogP contribution in [0.2, 0.25) is 0 Å². The summed E-state index contributed by atoms with van der Waals surface area (Å²) in [6.07, 6.45) is 0. The van der Waals surface area contributed by atoms with Crippen LogP contribution in [-0.4, -0.2) is 60.1 Å². The Balaban J connectivity index is 1.51. The number of carbonyl (C=O) groups is 1. The molecule has 0 radical (unpaired) electrons. The number of piperazine rings is 1. The van der Waals surface area contributed by atoms with Crippen molar-refractivity contribution in [2.45, 2.75) is 27.3 Å². The van der Waals surface area contributed by atoms with Gasteiger partial charge in [0.2, 0.25) is 5.91 Å². The van der Waals surface area contributed by atoms with Gasteiger partial charge in [-0.2, -0.15) is 0 Å². The Kier molecular flexibility index (Phi) is 4.49. The molecule has 0 aromatic carbocycles. The van der Waals surface area contributed by atoms with Crippen molar-refractivity contribution in [2.75, 3.05) is 39.3 Å². The van der Waals surface area contributed by atoms with E-state index in [9.17, 15) is 4.79 Å². The predicted molar refractivity (Wildman–Crippen MR) is 83.4 cm³/mol. The quantitative estimate of drug-likeness (QED) is 0.891. The van der Waals surface area contributed by atoms with E-state index in [4.69, 9.17) is 4.52 Å². The number of aromatic nitrogens is 1. The molecule has 6 heteroatoms. The number of amides is 1. The summed E-state index contributed by atoms with van der Waals surface area (Å²) in [5, 5.41) is 7.26. The molecule has 1 unspecified atom stereocenters. The first-order chi connectivity index (χ1) is 10.6. The van der Waals surface area contributed by atoms with Crippen LogP contribution in [0.25, 0.3) is 0 Å². The lowest BCUT2D eigenvalue weighted by atomic mass is 9.88. The van der Waals surface area contributed by atoms with Crippen LogP contribution in [0.4, 0.5) is 0 Å². The summed E-state index contributed by atoms with van der Waals surface area (Å²) < 4.78 is 5.23. The van der Waals surface area contributed by atoms with Crippen LogP contribution in [0, 0.1) is 25.7 Å². The Morgan fingerprint density at radius 3 is 2.50 bits per heavy atom. The van der Waals surface area contributed by atoms with E-state index in [0.29, 0.717) is 11.8 Å². The average molecular weight is 306 g/mol. The highest BCUT2D eigenvalue weighted by atomic mass is 16.5. The first-order valence-electron chi connectivity index (χ1n) is 8.20. The van der Waals surface area contributed by atoms with Crippen molar-refractivity contribution in [2.24, 2.45) is 11.8 Å². The predicted octanol–water partition coefficient (Wildman–Crippen LogP) is 0.791. The lowest BCUT2D eigenvalue weighted by molar-refractivity contribution is -0.139. The minimum Gasteiger partial charge on any atom is -0.361 e. The number of hydrogen-bond acceptors (Lipinski definition) is 5. The molecule has 1 aromatic heterocycles. The first-order valence-corrected chi connectivity index (χ1v) is 8.20. The molecule has 2 aliphatic heterocycles. The largest absolute Gasteiger partial charge is 0.361 e. The van der Waals surface area contributed by atoms with Gasteiger partial charge < -0.3 is 14.7 Å². The molecule has 122 valence electrons. The van der Waals surface area contributed by atoms with Crippen molar-refractivity contribution in [1.29, 1.82) is 0 Å². The SMILES string of the molecule is Cc1noc(C)c1CN1CCN(C(=O)C(C)C2CNC2)CC1. The third-order valence-electron chi connectivity index (χ3n) is 5.16. The third kappa shape index (κ3) is 3.03. The second kappa shape index (κ2) is 6.38. The molecule has 2 aliphatic rings. The van der Waals surface area contributed by atoms with Crippen LogP contribution in [0.5, 0.6) is 0 Å². The molecular weight excluding hydrogens is 280 g/mol. The van der Waals surface area contributed by atoms with Gasteiger partial charge >= 0.3 is 0 Å². The summed E-state index contributed by atoms with van der Waals surface area (Å²) in [7, 11) is 0. The highest BCUT2D eigenvalue weighted by Gasteiger charge is 2.32. The van der Waals surface area contributed by atoms with Gasteiger partial charge in [-0.25, -0.2) is 0 Å². The molecule has 0 saturated carbocycles. The molecule has 1 amide bonds. The van der Waals surface area contributed by atoms with Gasteiger partial charge in [0.25, 0.3) is 0 Å². The molecule has 0 spiro atoms. The Labute approximate surface area is 131 Å². The minimum absolute atomic E-state index is 0.148. The Bertz CT molecular complexity index is 511. The zero-order valence-electron chi connectivity index (χ0n) is 13.8. The smallest absolute Gasteiger partial charge is 0.225 e. The zero-order valence-corrected chi connectivity index (χ0v) is 13.8. The van der Waals surface area contributed by atoms with Crippen LogP contribution in [0.3, 0.4) is 0 Å². The molecule has 0 aliphatic carbocycles. The molecule has 1 N–H and O–H groups in total. The van der Waals surface area contributed by atoms with E-state index in [1.54, 1.807) is 0 Å². The second-order valence-corrected chi connectivity index (χ2v) is 6.61. The number of rotatable bonds is 4. The summed E-state index contributed by atoms with van der Waals surface area (Å²) >= 11 is 0. The van der Waals surface area contributed by atoms with E-state index < -0.39 is 0 Å². The maximum atomic E-state index is 12.5. The van der Waals surface area contributed by atoms with Gasteiger partial charge in [0, 0.05) is 44.2 Å². The third-order valence-corrected chi connectivity index (χ3v) is 5.16. The van der Waals surface area contributed by atoms with E-state index in [1.165, 1.54) is 5.56 Å². The average Bonchev–Trinajstić information content (AvgIpc) is 2.77. The summed E-state index contributed by atoms with van der Waals surface area (Å²) in [4.78, 5) is 16.9. The topological polar surface area (TPSA) is 61.6 Å². The lowest BCUT2D eigenvalue weighted by Gasteiger charge is -2.39. The number of nitrogens with zero attached hydrogens (tertiary/aromatic N) is 3. The maximum absolute atomic E-state index is 12.5. The van der Waals surface area contributed by atoms with Gasteiger partial charge in [-0.05, 0) is 32.9 Å². The minimum atomic E-state index is 0.148. The molecule has 1 aromatic rings. The maximum Gasteiger partial charge on any atom is 0.225 e. The number of hydrogen-bond donors (Lipinski definition) is 1. The lowest BCUT2D eigenvalue weighted by Crippen LogP contribution is -2.54. The van der Waals surface area contributed by atoms with E-state index in [1.807, 2.05) is 18.7 Å². The van der Waals surface area contributed by atoms with Gasteiger partial charge in [0.1, 0.15) is 5.76 Å². The zero-order chi connectivity index (χ0) is 15.7. The van der Waals surface area contributed by atoms with Crippen LogP contribution in [-0.2, 0) is 11.3 Å². The van der Waals surface area contributed by atoms with Gasteiger partial charge in [0.05, 0.1) is 5.69 Å². The fourth-order valence-corrected chi connectivity index (χ4v) is 3.23. The first kappa shape index (κ1) is 15.5. The van der Waals surface area contributed by atoms with Crippen LogP contribution in [0.1, 0.15) is 23.9 Å². The van der Waals surface area contributed by atoms with Crippen molar-refractivity contribution < 1.29 is 9.32 Å². The molecule has 3 heterocycles. The standard InChI is InChI=1S/C16H26N4O2/c1-11(14-8-17-9-14)16(21)20-6-4-19(5-7-20)10-15-12(2)18-22-13(15)3/h11,14,17H,4-10H2,1-3H3. The van der Waals surface area contributed by atoms with Crippen LogP contribution in [0.15, 0.2) is 4.52 Å². The molecule has 3 rings (SSSR count). The fourth-order valence-electron chi connectivity index (χ4n) is 3.23. The highest BCUT2D eigenvalue weighted by molar-refractivity contribution is 5.79. The summed E-state index contributed by atoms with van der Waals surface area (Å²) in [5.41, 5.74) is 2.16. The molecule has 2 fully saturated rings. The molecule has 6 nitrogen and oxygen atoms in total. The molecular formula is C16H26N4O2. The summed E-state index contributed by atoms with van der Waals surface area (Å²) in [5.74, 6) is 1.90. The van der Waals surface area contributed by atoms with Gasteiger partial charge in [0.15, 0.2) is 0 Å². The van der Waals surface area contributed by atoms with Crippen LogP contribution < -0.4 is 5.32 Å². The number of carbonyl (C=O) groups excluding carboxylic acids is 1. The fraction of sp³-hybridized carbons (Fsp3) is 0.750. The molecule has 22 heavy (non-hydrogen) atoms. The number of nitrogens with one attached hydrogen (secondary N) is 1. The normalized spacial score (nSPS) is 21.7. The van der Waals surface area contributed by atoms with Crippen molar-refractivity contribution in [3.8, 4) is 0 Å². The van der Waals surface area contributed by atoms with Crippen molar-refractivity contribution in [3.63, 3.8) is 0 Å². The van der Waals surface area contributed by atoms with E-state index in [0.717, 1.165) is 57.3 Å². The molecule has 2 saturated heterocycles. The van der Waals surface area contributed by atoms with Crippen molar-refractivity contribution in [1.82, 2.24) is 20.3 Å². The van der Waals surface area contributed by atoms with E-state index in [2.05, 4.69) is 22.3 Å². The summed E-state index contributed by atoms with van der Waals surface area (Å²) in [6, 6.07) is 0. The Morgan fingerprint density at radius 1 is 1.32 bits per heavy atom. The number of aryl methyl sites for hydroxylation is 2. The molecule has 1 atom stereocenters. The van der Waals surface area contributed by atoms with Gasteiger partial charge in [-0.15, -0.1) is 0 Å². The monoisotopic (exact) mass is 306 g/mol. The van der Waals surface area contributed by atoms with Gasteiger partial charge in [-0.1, -0.05) is 12.1 Å². The Hall–Kier alpha value is -1.40. The van der Waals surface area contributed by atoms with Crippen molar-refractivity contribution in [3.05, 3.63) is 17.0 Å². The molecule has 0 bridgehead atoms. The van der Waals surface area contributed by atoms with Crippen LogP contribution >= 0.6 is 0 Å². The van der Waals surface area contributed by atoms with Gasteiger partial charge in [-0.3, -0.25) is 9.69 Å². The van der Waals surface area contributed by atoms with Crippen molar-refractivity contribution >= 4 is 5.91 Å². The summed E-state index contributed by atoms with van der Waals surface area (Å²) in [6.45, 7) is 12.4. The van der Waals surface area contributed by atoms with E-state index in [-0.39, 0.29) is 5.92 Å². The van der Waals surface area contributed by atoms with E-state index >= 15 is 0 Å². The second-order valence-electron chi connectivity index (χ2n) is 6.61. The Morgan fingerprint density at radius 2 is 2.00 bits per heavy atom.